The van der Waals surface area contributed by atoms with Gasteiger partial charge in [0.25, 0.3) is 0 Å². The SMILES string of the molecule is CCc1nc(CN2C(=O)CN(CCOC)C(=O)[C@H]2Cc2ccccc2)no1. The molecule has 1 aromatic carbocycles. The minimum Gasteiger partial charge on any atom is -0.383 e. The molecule has 1 aromatic heterocycles. The molecule has 3 rings (SSSR count). The summed E-state index contributed by atoms with van der Waals surface area (Å²) in [4.78, 5) is 33.2. The average Bonchev–Trinajstić information content (AvgIpc) is 3.14. The second-order valence-electron chi connectivity index (χ2n) is 6.44. The van der Waals surface area contributed by atoms with Gasteiger partial charge < -0.3 is 19.1 Å². The molecule has 0 unspecified atom stereocenters. The fourth-order valence-corrected chi connectivity index (χ4v) is 3.12. The van der Waals surface area contributed by atoms with Gasteiger partial charge in [0.15, 0.2) is 5.82 Å². The number of nitrogens with zero attached hydrogens (tertiary/aromatic N) is 4. The molecule has 1 fully saturated rings. The fourth-order valence-electron chi connectivity index (χ4n) is 3.12. The van der Waals surface area contributed by atoms with Gasteiger partial charge in [-0.1, -0.05) is 42.4 Å². The Hall–Kier alpha value is -2.74. The van der Waals surface area contributed by atoms with Crippen LogP contribution < -0.4 is 0 Å². The van der Waals surface area contributed by atoms with Gasteiger partial charge in [-0.3, -0.25) is 9.59 Å². The molecular formula is C19H24N4O4. The van der Waals surface area contributed by atoms with Crippen LogP contribution in [0.5, 0.6) is 0 Å². The quantitative estimate of drug-likeness (QED) is 0.688. The maximum Gasteiger partial charge on any atom is 0.246 e. The molecule has 0 bridgehead atoms. The van der Waals surface area contributed by atoms with E-state index in [0.717, 1.165) is 5.56 Å². The third-order valence-electron chi connectivity index (χ3n) is 4.58. The number of hydrogen-bond donors (Lipinski definition) is 0. The van der Waals surface area contributed by atoms with Crippen molar-refractivity contribution in [2.45, 2.75) is 32.4 Å². The summed E-state index contributed by atoms with van der Waals surface area (Å²) in [5, 5.41) is 3.93. The van der Waals surface area contributed by atoms with Gasteiger partial charge >= 0.3 is 0 Å². The Bertz CT molecular complexity index is 777. The first-order valence-corrected chi connectivity index (χ1v) is 9.05. The van der Waals surface area contributed by atoms with Gasteiger partial charge in [-0.15, -0.1) is 0 Å². The highest BCUT2D eigenvalue weighted by molar-refractivity contribution is 5.95. The van der Waals surface area contributed by atoms with E-state index >= 15 is 0 Å². The molecule has 8 nitrogen and oxygen atoms in total. The van der Waals surface area contributed by atoms with E-state index < -0.39 is 6.04 Å². The summed E-state index contributed by atoms with van der Waals surface area (Å²) < 4.78 is 10.2. The van der Waals surface area contributed by atoms with Crippen molar-refractivity contribution in [2.24, 2.45) is 0 Å². The second-order valence-corrected chi connectivity index (χ2v) is 6.44. The molecule has 1 aliphatic rings. The van der Waals surface area contributed by atoms with Crippen LogP contribution in [0, 0.1) is 0 Å². The van der Waals surface area contributed by atoms with Crippen molar-refractivity contribution in [3.8, 4) is 0 Å². The fraction of sp³-hybridized carbons (Fsp3) is 0.474. The van der Waals surface area contributed by atoms with Crippen molar-refractivity contribution < 1.29 is 18.8 Å². The van der Waals surface area contributed by atoms with E-state index in [-0.39, 0.29) is 24.9 Å². The van der Waals surface area contributed by atoms with E-state index in [4.69, 9.17) is 9.26 Å². The molecule has 1 saturated heterocycles. The third kappa shape index (κ3) is 4.51. The van der Waals surface area contributed by atoms with Gasteiger partial charge in [-0.2, -0.15) is 4.98 Å². The highest BCUT2D eigenvalue weighted by Gasteiger charge is 2.39. The predicted molar refractivity (Wildman–Crippen MR) is 96.6 cm³/mol. The van der Waals surface area contributed by atoms with E-state index in [9.17, 15) is 9.59 Å². The summed E-state index contributed by atoms with van der Waals surface area (Å²) in [5.41, 5.74) is 0.990. The lowest BCUT2D eigenvalue weighted by Crippen LogP contribution is -2.60. The number of amides is 2. The van der Waals surface area contributed by atoms with Crippen molar-refractivity contribution >= 4 is 11.8 Å². The average molecular weight is 372 g/mol. The normalized spacial score (nSPS) is 17.6. The predicted octanol–water partition coefficient (Wildman–Crippen LogP) is 1.06. The maximum atomic E-state index is 13.1. The lowest BCUT2D eigenvalue weighted by molar-refractivity contribution is -0.157. The summed E-state index contributed by atoms with van der Waals surface area (Å²) in [6, 6.07) is 9.07. The standard InChI is InChI=1S/C19H24N4O4/c1-3-17-20-16(21-27-17)12-23-15(11-14-7-5-4-6-8-14)19(25)22(9-10-26-2)13-18(23)24/h4-8,15H,3,9-13H2,1-2H3/t15-/m1/s1. The highest BCUT2D eigenvalue weighted by Crippen LogP contribution is 2.19. The zero-order valence-corrected chi connectivity index (χ0v) is 15.6. The smallest absolute Gasteiger partial charge is 0.246 e. The molecule has 0 spiro atoms. The Morgan fingerprint density at radius 3 is 2.70 bits per heavy atom. The van der Waals surface area contributed by atoms with Crippen molar-refractivity contribution in [1.29, 1.82) is 0 Å². The first kappa shape index (κ1) is 19.0. The van der Waals surface area contributed by atoms with Crippen LogP contribution >= 0.6 is 0 Å². The van der Waals surface area contributed by atoms with Crippen molar-refractivity contribution in [3.05, 3.63) is 47.6 Å². The van der Waals surface area contributed by atoms with Gasteiger partial charge in [0.2, 0.25) is 17.7 Å². The molecule has 0 aliphatic carbocycles. The minimum atomic E-state index is -0.603. The number of carbonyl (C=O) groups is 2. The van der Waals surface area contributed by atoms with Crippen LogP contribution in [-0.2, 0) is 33.7 Å². The van der Waals surface area contributed by atoms with Gasteiger partial charge in [-0.05, 0) is 5.56 Å². The number of hydrogen-bond acceptors (Lipinski definition) is 6. The molecule has 27 heavy (non-hydrogen) atoms. The summed E-state index contributed by atoms with van der Waals surface area (Å²) in [6.45, 7) is 2.89. The Balaban J connectivity index is 1.83. The molecule has 0 radical (unpaired) electrons. The van der Waals surface area contributed by atoms with Gasteiger partial charge in [0.1, 0.15) is 6.04 Å². The molecule has 2 heterocycles. The van der Waals surface area contributed by atoms with Crippen LogP contribution in [0.3, 0.4) is 0 Å². The van der Waals surface area contributed by atoms with Crippen LogP contribution in [0.25, 0.3) is 0 Å². The summed E-state index contributed by atoms with van der Waals surface area (Å²) in [7, 11) is 1.57. The molecular weight excluding hydrogens is 348 g/mol. The number of aryl methyl sites for hydroxylation is 1. The molecule has 1 aliphatic heterocycles. The molecule has 2 amide bonds. The van der Waals surface area contributed by atoms with Gasteiger partial charge in [0.05, 0.1) is 19.7 Å². The number of carbonyl (C=O) groups excluding carboxylic acids is 2. The van der Waals surface area contributed by atoms with Crippen molar-refractivity contribution in [1.82, 2.24) is 19.9 Å². The van der Waals surface area contributed by atoms with Crippen LogP contribution in [0.1, 0.15) is 24.2 Å². The minimum absolute atomic E-state index is 0.0337. The number of piperazine rings is 1. The Morgan fingerprint density at radius 2 is 2.04 bits per heavy atom. The number of aromatic nitrogens is 2. The van der Waals surface area contributed by atoms with Crippen LogP contribution in [0.15, 0.2) is 34.9 Å². The van der Waals surface area contributed by atoms with Gasteiger partial charge in [-0.25, -0.2) is 0 Å². The number of methoxy groups -OCH3 is 1. The van der Waals surface area contributed by atoms with E-state index in [2.05, 4.69) is 10.1 Å². The monoisotopic (exact) mass is 372 g/mol. The summed E-state index contributed by atoms with van der Waals surface area (Å²) >= 11 is 0. The van der Waals surface area contributed by atoms with Crippen LogP contribution in [0.2, 0.25) is 0 Å². The number of ether oxygens (including phenoxy) is 1. The van der Waals surface area contributed by atoms with E-state index in [1.807, 2.05) is 37.3 Å². The first-order chi connectivity index (χ1) is 13.1. The highest BCUT2D eigenvalue weighted by atomic mass is 16.5. The van der Waals surface area contributed by atoms with Crippen LogP contribution in [-0.4, -0.2) is 64.6 Å². The van der Waals surface area contributed by atoms with Crippen LogP contribution in [0.4, 0.5) is 0 Å². The second kappa shape index (κ2) is 8.77. The summed E-state index contributed by atoms with van der Waals surface area (Å²) in [6.07, 6.45) is 1.06. The molecule has 8 heteroatoms. The van der Waals surface area contributed by atoms with Crippen molar-refractivity contribution in [3.63, 3.8) is 0 Å². The number of rotatable bonds is 8. The van der Waals surface area contributed by atoms with E-state index in [0.29, 0.717) is 37.7 Å². The first-order valence-electron chi connectivity index (χ1n) is 9.05. The topological polar surface area (TPSA) is 88.8 Å². The largest absolute Gasteiger partial charge is 0.383 e. The van der Waals surface area contributed by atoms with Crippen molar-refractivity contribution in [2.75, 3.05) is 26.8 Å². The third-order valence-corrected chi connectivity index (χ3v) is 4.58. The lowest BCUT2D eigenvalue weighted by atomic mass is 10.0. The maximum absolute atomic E-state index is 13.1. The zero-order valence-electron chi connectivity index (χ0n) is 15.6. The number of benzene rings is 1. The zero-order chi connectivity index (χ0) is 19.2. The Kier molecular flexibility index (Phi) is 6.18. The molecule has 0 N–H and O–H groups in total. The molecule has 2 aromatic rings. The molecule has 144 valence electrons. The Morgan fingerprint density at radius 1 is 1.26 bits per heavy atom. The lowest BCUT2D eigenvalue weighted by Gasteiger charge is -2.39. The van der Waals surface area contributed by atoms with E-state index in [1.165, 1.54) is 0 Å². The summed E-state index contributed by atoms with van der Waals surface area (Å²) in [5.74, 6) is 0.711. The molecule has 0 saturated carbocycles. The van der Waals surface area contributed by atoms with E-state index in [1.54, 1.807) is 16.9 Å². The Labute approximate surface area is 158 Å². The van der Waals surface area contributed by atoms with Gasteiger partial charge in [0, 0.05) is 26.5 Å². The molecule has 1 atom stereocenters.